The quantitative estimate of drug-likeness (QED) is 0.509. The third-order valence-electron chi connectivity index (χ3n) is 4.97. The van der Waals surface area contributed by atoms with E-state index in [-0.39, 0.29) is 0 Å². The summed E-state index contributed by atoms with van der Waals surface area (Å²) in [6.07, 6.45) is 8.26. The highest BCUT2D eigenvalue weighted by Gasteiger charge is 2.27. The van der Waals surface area contributed by atoms with Gasteiger partial charge in [0, 0.05) is 19.6 Å². The molecule has 136 valence electrons. The average molecular weight is 354 g/mol. The van der Waals surface area contributed by atoms with Gasteiger partial charge in [-0.1, -0.05) is 69.7 Å². The van der Waals surface area contributed by atoms with Crippen LogP contribution >= 0.6 is 0 Å². The highest BCUT2D eigenvalue weighted by Crippen LogP contribution is 2.21. The van der Waals surface area contributed by atoms with Crippen LogP contribution in [0, 0.1) is 0 Å². The van der Waals surface area contributed by atoms with Crippen molar-refractivity contribution in [1.29, 1.82) is 0 Å². The zero-order valence-electron chi connectivity index (χ0n) is 14.8. The largest absolute Gasteiger partial charge is 0.297 e. The molecule has 0 aromatic heterocycles. The molecule has 4 nitrogen and oxygen atoms in total. The zero-order valence-corrected chi connectivity index (χ0v) is 15.6. The molecule has 1 atom stereocenters. The monoisotopic (exact) mass is 353 g/mol. The van der Waals surface area contributed by atoms with Crippen LogP contribution in [0.5, 0.6) is 0 Å². The van der Waals surface area contributed by atoms with E-state index >= 15 is 0 Å². The van der Waals surface area contributed by atoms with Crippen molar-refractivity contribution in [3.05, 3.63) is 35.4 Å². The Morgan fingerprint density at radius 2 is 1.75 bits per heavy atom. The molecule has 0 aliphatic carbocycles. The topological polar surface area (TPSA) is 57.6 Å². The summed E-state index contributed by atoms with van der Waals surface area (Å²) in [5.41, 5.74) is 2.63. The molecule has 1 aromatic rings. The van der Waals surface area contributed by atoms with Gasteiger partial charge in [0.05, 0.1) is 5.25 Å². The van der Waals surface area contributed by atoms with E-state index in [1.165, 1.54) is 30.4 Å². The van der Waals surface area contributed by atoms with Crippen molar-refractivity contribution in [1.82, 2.24) is 4.90 Å². The molecular weight excluding hydrogens is 322 g/mol. The minimum absolute atomic E-state index is 0.433. The SMILES string of the molecule is CCCCCCCCC(CN1CCc2ccccc2C1)S(=O)(=O)O. The maximum Gasteiger partial charge on any atom is 0.269 e. The predicted molar refractivity (Wildman–Crippen MR) is 98.8 cm³/mol. The van der Waals surface area contributed by atoms with Crippen molar-refractivity contribution in [2.45, 2.75) is 70.1 Å². The Morgan fingerprint density at radius 3 is 2.46 bits per heavy atom. The lowest BCUT2D eigenvalue weighted by molar-refractivity contribution is 0.245. The summed E-state index contributed by atoms with van der Waals surface area (Å²) in [6.45, 7) is 4.26. The summed E-state index contributed by atoms with van der Waals surface area (Å²) in [5.74, 6) is 0. The fourth-order valence-corrected chi connectivity index (χ4v) is 4.35. The second kappa shape index (κ2) is 9.54. The minimum Gasteiger partial charge on any atom is -0.297 e. The molecule has 0 radical (unpaired) electrons. The van der Waals surface area contributed by atoms with Crippen LogP contribution in [-0.4, -0.2) is 36.2 Å². The van der Waals surface area contributed by atoms with Gasteiger partial charge in [-0.05, 0) is 24.0 Å². The van der Waals surface area contributed by atoms with E-state index in [0.717, 1.165) is 38.8 Å². The number of hydrogen-bond acceptors (Lipinski definition) is 3. The van der Waals surface area contributed by atoms with Gasteiger partial charge in [-0.3, -0.25) is 9.45 Å². The number of rotatable bonds is 10. The standard InChI is InChI=1S/C19H31NO3S/c1-2-3-4-5-6-7-12-19(24(21,22)23)16-20-14-13-17-10-8-9-11-18(17)15-20/h8-11,19H,2-7,12-16H2,1H3,(H,21,22,23). The van der Waals surface area contributed by atoms with Crippen molar-refractivity contribution >= 4 is 10.1 Å². The Hall–Kier alpha value is -0.910. The second-order valence-electron chi connectivity index (χ2n) is 6.95. The molecule has 1 N–H and O–H groups in total. The van der Waals surface area contributed by atoms with E-state index in [1.54, 1.807) is 0 Å². The number of benzene rings is 1. The van der Waals surface area contributed by atoms with Crippen LogP contribution in [0.25, 0.3) is 0 Å². The summed E-state index contributed by atoms with van der Waals surface area (Å²) in [7, 11) is -3.98. The number of fused-ring (bicyclic) bond motifs is 1. The van der Waals surface area contributed by atoms with Gasteiger partial charge in [0.25, 0.3) is 10.1 Å². The van der Waals surface area contributed by atoms with Gasteiger partial charge in [-0.25, -0.2) is 0 Å². The summed E-state index contributed by atoms with van der Waals surface area (Å²) in [4.78, 5) is 2.16. The predicted octanol–water partition coefficient (Wildman–Crippen LogP) is 4.05. The van der Waals surface area contributed by atoms with Crippen LogP contribution in [0.4, 0.5) is 0 Å². The van der Waals surface area contributed by atoms with Crippen LogP contribution in [-0.2, 0) is 23.1 Å². The highest BCUT2D eigenvalue weighted by molar-refractivity contribution is 7.86. The molecular formula is C19H31NO3S. The van der Waals surface area contributed by atoms with E-state index in [2.05, 4.69) is 24.0 Å². The van der Waals surface area contributed by atoms with Gasteiger partial charge in [0.15, 0.2) is 0 Å². The second-order valence-corrected chi connectivity index (χ2v) is 8.64. The normalized spacial score (nSPS) is 16.8. The third-order valence-corrected chi connectivity index (χ3v) is 6.20. The van der Waals surface area contributed by atoms with Crippen molar-refractivity contribution in [2.75, 3.05) is 13.1 Å². The Bertz CT molecular complexity index is 600. The molecule has 2 rings (SSSR count). The van der Waals surface area contributed by atoms with E-state index in [0.29, 0.717) is 13.0 Å². The summed E-state index contributed by atoms with van der Waals surface area (Å²) < 4.78 is 33.1. The van der Waals surface area contributed by atoms with Crippen LogP contribution in [0.2, 0.25) is 0 Å². The molecule has 0 saturated carbocycles. The number of hydrogen-bond donors (Lipinski definition) is 1. The van der Waals surface area contributed by atoms with Crippen molar-refractivity contribution in [2.24, 2.45) is 0 Å². The van der Waals surface area contributed by atoms with Crippen LogP contribution < -0.4 is 0 Å². The fraction of sp³-hybridized carbons (Fsp3) is 0.684. The molecule has 0 fully saturated rings. The lowest BCUT2D eigenvalue weighted by atomic mass is 9.99. The minimum atomic E-state index is -3.98. The molecule has 0 saturated heterocycles. The number of unbranched alkanes of at least 4 members (excludes halogenated alkanes) is 5. The van der Waals surface area contributed by atoms with Gasteiger partial charge in [-0.15, -0.1) is 0 Å². The van der Waals surface area contributed by atoms with Crippen molar-refractivity contribution in [3.63, 3.8) is 0 Å². The molecule has 0 amide bonds. The van der Waals surface area contributed by atoms with E-state index in [4.69, 9.17) is 0 Å². The molecule has 1 aliphatic rings. The lowest BCUT2D eigenvalue weighted by Crippen LogP contribution is -2.39. The molecule has 5 heteroatoms. The summed E-state index contributed by atoms with van der Waals surface area (Å²) >= 11 is 0. The Balaban J connectivity index is 1.84. The van der Waals surface area contributed by atoms with Crippen LogP contribution in [0.1, 0.15) is 63.0 Å². The first kappa shape index (κ1) is 19.4. The highest BCUT2D eigenvalue weighted by atomic mass is 32.2. The third kappa shape index (κ3) is 6.19. The Labute approximate surface area is 147 Å². The Morgan fingerprint density at radius 1 is 1.08 bits per heavy atom. The maximum atomic E-state index is 11.7. The number of nitrogens with zero attached hydrogens (tertiary/aromatic N) is 1. The van der Waals surface area contributed by atoms with Crippen molar-refractivity contribution < 1.29 is 13.0 Å². The molecule has 0 spiro atoms. The van der Waals surface area contributed by atoms with Crippen LogP contribution in [0.3, 0.4) is 0 Å². The molecule has 1 aliphatic heterocycles. The summed E-state index contributed by atoms with van der Waals surface area (Å²) in [6, 6.07) is 8.33. The lowest BCUT2D eigenvalue weighted by Gasteiger charge is -2.31. The molecule has 1 heterocycles. The Kier molecular flexibility index (Phi) is 7.72. The first-order chi connectivity index (χ1) is 11.5. The first-order valence-corrected chi connectivity index (χ1v) is 10.8. The van der Waals surface area contributed by atoms with E-state index < -0.39 is 15.4 Å². The molecule has 1 aromatic carbocycles. The van der Waals surface area contributed by atoms with E-state index in [1.807, 2.05) is 12.1 Å². The first-order valence-electron chi connectivity index (χ1n) is 9.26. The van der Waals surface area contributed by atoms with Crippen molar-refractivity contribution in [3.8, 4) is 0 Å². The van der Waals surface area contributed by atoms with Gasteiger partial charge in [0.2, 0.25) is 0 Å². The fourth-order valence-electron chi connectivity index (χ4n) is 3.48. The smallest absolute Gasteiger partial charge is 0.269 e. The molecule has 1 unspecified atom stereocenters. The zero-order chi connectivity index (χ0) is 17.4. The molecule has 24 heavy (non-hydrogen) atoms. The van der Waals surface area contributed by atoms with Gasteiger partial charge >= 0.3 is 0 Å². The van der Waals surface area contributed by atoms with Gasteiger partial charge in [-0.2, -0.15) is 8.42 Å². The average Bonchev–Trinajstić information content (AvgIpc) is 2.56. The van der Waals surface area contributed by atoms with Gasteiger partial charge < -0.3 is 0 Å². The van der Waals surface area contributed by atoms with Gasteiger partial charge in [0.1, 0.15) is 0 Å². The summed E-state index contributed by atoms with van der Waals surface area (Å²) in [5, 5.41) is -0.658. The van der Waals surface area contributed by atoms with Crippen LogP contribution in [0.15, 0.2) is 24.3 Å². The van der Waals surface area contributed by atoms with E-state index in [9.17, 15) is 13.0 Å². The maximum absolute atomic E-state index is 11.7. The molecule has 0 bridgehead atoms.